The number of methoxy groups -OCH3 is 1. The summed E-state index contributed by atoms with van der Waals surface area (Å²) in [6, 6.07) is 22.9. The summed E-state index contributed by atoms with van der Waals surface area (Å²) in [5, 5.41) is 7.58. The van der Waals surface area contributed by atoms with Gasteiger partial charge in [-0.25, -0.2) is 19.3 Å². The molecule has 1 saturated heterocycles. The second-order valence-corrected chi connectivity index (χ2v) is 12.5. The molecule has 11 nitrogen and oxygen atoms in total. The molecule has 0 saturated carbocycles. The molecular formula is C38H33FN10O. The summed E-state index contributed by atoms with van der Waals surface area (Å²) in [4.78, 5) is 28.5. The van der Waals surface area contributed by atoms with Crippen LogP contribution in [-0.4, -0.2) is 67.3 Å². The highest BCUT2D eigenvalue weighted by atomic mass is 19.1. The van der Waals surface area contributed by atoms with Gasteiger partial charge >= 0.3 is 0 Å². The van der Waals surface area contributed by atoms with E-state index in [9.17, 15) is 4.39 Å². The third-order valence-electron chi connectivity index (χ3n) is 9.65. The van der Waals surface area contributed by atoms with Crippen molar-refractivity contribution >= 4 is 66.9 Å². The lowest BCUT2D eigenvalue weighted by molar-refractivity contribution is 0.398. The zero-order valence-corrected chi connectivity index (χ0v) is 27.6. The minimum Gasteiger partial charge on any atom is -0.481 e. The van der Waals surface area contributed by atoms with E-state index < -0.39 is 0 Å². The van der Waals surface area contributed by atoms with Crippen LogP contribution in [0.1, 0.15) is 5.69 Å². The lowest BCUT2D eigenvalue weighted by Gasteiger charge is -2.36. The van der Waals surface area contributed by atoms with Crippen molar-refractivity contribution in [2.45, 2.75) is 6.54 Å². The van der Waals surface area contributed by atoms with Crippen LogP contribution in [-0.2, 0) is 13.6 Å². The molecule has 0 radical (unpaired) electrons. The van der Waals surface area contributed by atoms with E-state index in [0.29, 0.717) is 18.2 Å². The maximum absolute atomic E-state index is 13.5. The van der Waals surface area contributed by atoms with Gasteiger partial charge in [0.15, 0.2) is 0 Å². The van der Waals surface area contributed by atoms with E-state index in [1.165, 1.54) is 12.1 Å². The number of benzene rings is 1. The number of fused-ring (bicyclic) bond motifs is 6. The minimum absolute atomic E-state index is 0.215. The fourth-order valence-electron chi connectivity index (χ4n) is 7.15. The van der Waals surface area contributed by atoms with Crippen LogP contribution in [0.25, 0.3) is 43.9 Å². The fraction of sp³-hybridized carbons (Fsp3) is 0.184. The first-order chi connectivity index (χ1) is 24.5. The average Bonchev–Trinajstić information content (AvgIpc) is 3.63. The number of halogens is 1. The molecule has 1 aliphatic rings. The van der Waals surface area contributed by atoms with Crippen LogP contribution in [0.15, 0.2) is 97.6 Å². The molecule has 12 heteroatoms. The van der Waals surface area contributed by atoms with Crippen molar-refractivity contribution in [2.24, 2.45) is 7.05 Å². The van der Waals surface area contributed by atoms with Crippen LogP contribution in [0.4, 0.5) is 27.4 Å². The zero-order valence-electron chi connectivity index (χ0n) is 27.6. The van der Waals surface area contributed by atoms with Gasteiger partial charge in [-0.05, 0) is 66.7 Å². The second-order valence-electron chi connectivity index (χ2n) is 12.5. The highest BCUT2D eigenvalue weighted by Crippen LogP contribution is 2.34. The van der Waals surface area contributed by atoms with E-state index >= 15 is 0 Å². The van der Waals surface area contributed by atoms with E-state index in [1.807, 2.05) is 55.0 Å². The molecule has 8 aromatic rings. The molecule has 1 N–H and O–H groups in total. The highest BCUT2D eigenvalue weighted by Gasteiger charge is 2.22. The molecule has 248 valence electrons. The third kappa shape index (κ3) is 5.07. The Balaban J connectivity index is 1.07. The van der Waals surface area contributed by atoms with E-state index in [0.717, 1.165) is 92.9 Å². The van der Waals surface area contributed by atoms with Gasteiger partial charge in [0.2, 0.25) is 5.88 Å². The minimum atomic E-state index is -0.215. The zero-order chi connectivity index (χ0) is 33.8. The van der Waals surface area contributed by atoms with Gasteiger partial charge in [0.1, 0.15) is 28.7 Å². The highest BCUT2D eigenvalue weighted by molar-refractivity contribution is 6.09. The summed E-state index contributed by atoms with van der Waals surface area (Å²) in [6.07, 6.45) is 7.29. The molecule has 9 rings (SSSR count). The number of hydrogen-bond donors (Lipinski definition) is 1. The molecule has 7 aromatic heterocycles. The molecule has 1 aromatic carbocycles. The van der Waals surface area contributed by atoms with Gasteiger partial charge in [-0.15, -0.1) is 0 Å². The van der Waals surface area contributed by atoms with Gasteiger partial charge in [0.05, 0.1) is 30.4 Å². The lowest BCUT2D eigenvalue weighted by atomic mass is 10.1. The first kappa shape index (κ1) is 29.8. The number of aromatic nitrogens is 7. The maximum Gasteiger partial charge on any atom is 0.214 e. The molecule has 0 bridgehead atoms. The van der Waals surface area contributed by atoms with Crippen LogP contribution < -0.4 is 19.9 Å². The normalized spacial score (nSPS) is 13.6. The second kappa shape index (κ2) is 12.0. The monoisotopic (exact) mass is 664 g/mol. The quantitative estimate of drug-likeness (QED) is 0.200. The van der Waals surface area contributed by atoms with Crippen LogP contribution in [0.2, 0.25) is 0 Å². The predicted octanol–water partition coefficient (Wildman–Crippen LogP) is 6.68. The Labute approximate surface area is 286 Å². The number of nitrogens with zero attached hydrogens (tertiary/aromatic N) is 9. The van der Waals surface area contributed by atoms with Crippen LogP contribution in [0, 0.1) is 5.82 Å². The number of rotatable bonds is 7. The summed E-state index contributed by atoms with van der Waals surface area (Å²) in [6.45, 7) is 3.84. The van der Waals surface area contributed by atoms with E-state index in [1.54, 1.807) is 13.3 Å². The topological polar surface area (TPSA) is 102 Å². The first-order valence-corrected chi connectivity index (χ1v) is 16.5. The van der Waals surface area contributed by atoms with Gasteiger partial charge in [-0.3, -0.25) is 9.97 Å². The Morgan fingerprint density at radius 2 is 1.54 bits per heavy atom. The number of hydrogen-bond acceptors (Lipinski definition) is 9. The molecule has 50 heavy (non-hydrogen) atoms. The van der Waals surface area contributed by atoms with E-state index in [-0.39, 0.29) is 5.82 Å². The van der Waals surface area contributed by atoms with Crippen LogP contribution in [0.3, 0.4) is 0 Å². The Hall–Kier alpha value is -6.30. The van der Waals surface area contributed by atoms with Crippen molar-refractivity contribution in [2.75, 3.05) is 48.4 Å². The first-order valence-electron chi connectivity index (χ1n) is 16.5. The van der Waals surface area contributed by atoms with Crippen molar-refractivity contribution < 1.29 is 9.13 Å². The Morgan fingerprint density at radius 1 is 0.760 bits per heavy atom. The molecule has 1 aliphatic heterocycles. The van der Waals surface area contributed by atoms with Crippen LogP contribution in [0.5, 0.6) is 5.88 Å². The van der Waals surface area contributed by atoms with Gasteiger partial charge < -0.3 is 29.0 Å². The molecule has 0 atom stereocenters. The van der Waals surface area contributed by atoms with Gasteiger partial charge in [0, 0.05) is 97.0 Å². The summed E-state index contributed by atoms with van der Waals surface area (Å²) in [7, 11) is 3.67. The Kier molecular flexibility index (Phi) is 7.15. The van der Waals surface area contributed by atoms with E-state index in [4.69, 9.17) is 19.7 Å². The number of nitrogens with one attached hydrogen (secondary N) is 1. The average molecular weight is 665 g/mol. The molecule has 0 unspecified atom stereocenters. The molecule has 8 heterocycles. The molecule has 0 aliphatic carbocycles. The van der Waals surface area contributed by atoms with Crippen molar-refractivity contribution in [3.05, 3.63) is 109 Å². The molecule has 1 fully saturated rings. The standard InChI is InChI=1S/C38H33FN10O/c1-46-32-13-16-41-30(36(32)28-8-10-34(45-37(28)46)48-19-17-47(18-20-48)26-5-3-24(39)4-6-26)23-49-31-12-14-40-22-29(31)27-7-9-33(44-38(27)49)43-25-11-15-42-35(21-25)50-2/h3-16,21-22H,17-20,23H2,1-2H3,(H,42,43,44). The fourth-order valence-corrected chi connectivity index (χ4v) is 7.15. The predicted molar refractivity (Wildman–Crippen MR) is 195 cm³/mol. The van der Waals surface area contributed by atoms with Gasteiger partial charge in [0.25, 0.3) is 0 Å². The number of ether oxygens (including phenoxy) is 1. The molecule has 0 spiro atoms. The van der Waals surface area contributed by atoms with Crippen molar-refractivity contribution in [3.63, 3.8) is 0 Å². The SMILES string of the molecule is COc1cc(Nc2ccc3c4cnccc4n(Cc4nccc5c4c4ccc(N6CCN(c7ccc(F)cc7)CC6)nc4n5C)c3n2)ccn1. The number of anilines is 4. The van der Waals surface area contributed by atoms with E-state index in [2.05, 4.69) is 65.5 Å². The Bertz CT molecular complexity index is 2540. The maximum atomic E-state index is 13.5. The van der Waals surface area contributed by atoms with Gasteiger partial charge in [-0.2, -0.15) is 0 Å². The smallest absolute Gasteiger partial charge is 0.214 e. The summed E-state index contributed by atoms with van der Waals surface area (Å²) in [5.41, 5.74) is 6.65. The largest absolute Gasteiger partial charge is 0.481 e. The van der Waals surface area contributed by atoms with Crippen molar-refractivity contribution in [1.82, 2.24) is 34.1 Å². The summed E-state index contributed by atoms with van der Waals surface area (Å²) < 4.78 is 23.1. The summed E-state index contributed by atoms with van der Waals surface area (Å²) >= 11 is 0. The van der Waals surface area contributed by atoms with Crippen LogP contribution >= 0.6 is 0 Å². The van der Waals surface area contributed by atoms with Crippen molar-refractivity contribution in [1.29, 1.82) is 0 Å². The Morgan fingerprint density at radius 3 is 2.38 bits per heavy atom. The lowest BCUT2D eigenvalue weighted by Crippen LogP contribution is -2.46. The van der Waals surface area contributed by atoms with Gasteiger partial charge in [-0.1, -0.05) is 0 Å². The number of pyridine rings is 5. The number of piperazine rings is 1. The number of aryl methyl sites for hydroxylation is 1. The molecule has 0 amide bonds. The van der Waals surface area contributed by atoms with Crippen molar-refractivity contribution in [3.8, 4) is 5.88 Å². The molecular weight excluding hydrogens is 631 g/mol. The summed E-state index contributed by atoms with van der Waals surface area (Å²) in [5.74, 6) is 1.96. The third-order valence-corrected chi connectivity index (χ3v) is 9.65.